The minimum atomic E-state index is 0.0514. The first-order valence-electron chi connectivity index (χ1n) is 10.0. The van der Waals surface area contributed by atoms with E-state index in [4.69, 9.17) is 4.74 Å². The van der Waals surface area contributed by atoms with Gasteiger partial charge in [-0.15, -0.1) is 10.2 Å². The van der Waals surface area contributed by atoms with Crippen LogP contribution in [0.15, 0.2) is 53.9 Å². The maximum absolute atomic E-state index is 12.8. The molecule has 4 rings (SSSR count). The number of hydrogen-bond donors (Lipinski definition) is 0. The van der Waals surface area contributed by atoms with Crippen molar-refractivity contribution >= 4 is 17.7 Å². The van der Waals surface area contributed by atoms with Crippen molar-refractivity contribution in [2.75, 3.05) is 18.8 Å². The van der Waals surface area contributed by atoms with E-state index in [-0.39, 0.29) is 18.1 Å². The van der Waals surface area contributed by atoms with Gasteiger partial charge in [-0.2, -0.15) is 0 Å². The van der Waals surface area contributed by atoms with Crippen molar-refractivity contribution in [1.82, 2.24) is 24.6 Å². The molecule has 3 heterocycles. The molecule has 3 aromatic rings. The number of amides is 1. The van der Waals surface area contributed by atoms with Crippen LogP contribution in [0.25, 0.3) is 17.1 Å². The van der Waals surface area contributed by atoms with E-state index in [1.807, 2.05) is 53.6 Å². The Hall–Kier alpha value is -2.71. The van der Waals surface area contributed by atoms with Gasteiger partial charge in [0.05, 0.1) is 23.6 Å². The van der Waals surface area contributed by atoms with Crippen molar-refractivity contribution in [2.45, 2.75) is 38.1 Å². The number of benzene rings is 1. The van der Waals surface area contributed by atoms with Crippen molar-refractivity contribution in [3.8, 4) is 17.1 Å². The summed E-state index contributed by atoms with van der Waals surface area (Å²) < 4.78 is 7.75. The minimum absolute atomic E-state index is 0.0514. The van der Waals surface area contributed by atoms with Gasteiger partial charge in [0.25, 0.3) is 0 Å². The Morgan fingerprint density at radius 2 is 1.90 bits per heavy atom. The van der Waals surface area contributed by atoms with E-state index in [0.29, 0.717) is 29.8 Å². The van der Waals surface area contributed by atoms with Crippen LogP contribution in [-0.2, 0) is 9.53 Å². The number of hydrogen-bond acceptors (Lipinski definition) is 6. The molecule has 1 aliphatic rings. The predicted octanol–water partition coefficient (Wildman–Crippen LogP) is 3.37. The van der Waals surface area contributed by atoms with Crippen LogP contribution in [0.5, 0.6) is 0 Å². The van der Waals surface area contributed by atoms with Crippen LogP contribution in [-0.4, -0.2) is 61.6 Å². The van der Waals surface area contributed by atoms with Crippen LogP contribution in [0.3, 0.4) is 0 Å². The number of rotatable bonds is 5. The van der Waals surface area contributed by atoms with Gasteiger partial charge in [-0.3, -0.25) is 14.3 Å². The SMILES string of the molecule is Cc1ccccc1-n1c(SCC(=O)N2CC(C)OC(C)C2)nnc1-c1cccnc1. The van der Waals surface area contributed by atoms with Crippen molar-refractivity contribution in [1.29, 1.82) is 0 Å². The summed E-state index contributed by atoms with van der Waals surface area (Å²) >= 11 is 1.41. The molecule has 30 heavy (non-hydrogen) atoms. The molecule has 0 saturated carbocycles. The average Bonchev–Trinajstić information content (AvgIpc) is 3.16. The number of thioether (sulfide) groups is 1. The van der Waals surface area contributed by atoms with Crippen LogP contribution >= 0.6 is 11.8 Å². The fraction of sp³-hybridized carbons (Fsp3) is 0.364. The predicted molar refractivity (Wildman–Crippen MR) is 117 cm³/mol. The molecule has 0 spiro atoms. The summed E-state index contributed by atoms with van der Waals surface area (Å²) in [4.78, 5) is 18.9. The quantitative estimate of drug-likeness (QED) is 0.586. The molecule has 0 aliphatic carbocycles. The van der Waals surface area contributed by atoms with E-state index in [2.05, 4.69) is 28.2 Å². The second-order valence-corrected chi connectivity index (χ2v) is 8.46. The van der Waals surface area contributed by atoms with Gasteiger partial charge in [0.15, 0.2) is 11.0 Å². The first-order chi connectivity index (χ1) is 14.5. The zero-order valence-electron chi connectivity index (χ0n) is 17.4. The molecule has 1 fully saturated rings. The first-order valence-corrected chi connectivity index (χ1v) is 11.0. The Bertz CT molecular complexity index is 1010. The summed E-state index contributed by atoms with van der Waals surface area (Å²) in [5, 5.41) is 9.52. The van der Waals surface area contributed by atoms with E-state index in [1.54, 1.807) is 12.4 Å². The van der Waals surface area contributed by atoms with E-state index in [0.717, 1.165) is 16.8 Å². The number of carbonyl (C=O) groups excluding carboxylic acids is 1. The average molecular weight is 424 g/mol. The first kappa shape index (κ1) is 20.6. The molecule has 2 atom stereocenters. The second kappa shape index (κ2) is 8.97. The molecule has 1 amide bonds. The van der Waals surface area contributed by atoms with Crippen LogP contribution < -0.4 is 0 Å². The fourth-order valence-corrected chi connectivity index (χ4v) is 4.52. The maximum Gasteiger partial charge on any atom is 0.233 e. The largest absolute Gasteiger partial charge is 0.372 e. The highest BCUT2D eigenvalue weighted by molar-refractivity contribution is 7.99. The van der Waals surface area contributed by atoms with Gasteiger partial charge in [-0.1, -0.05) is 30.0 Å². The Morgan fingerprint density at radius 3 is 2.60 bits per heavy atom. The van der Waals surface area contributed by atoms with Gasteiger partial charge in [0, 0.05) is 31.0 Å². The van der Waals surface area contributed by atoms with E-state index in [1.165, 1.54) is 11.8 Å². The molecule has 156 valence electrons. The van der Waals surface area contributed by atoms with Gasteiger partial charge in [-0.05, 0) is 44.5 Å². The maximum atomic E-state index is 12.8. The summed E-state index contributed by atoms with van der Waals surface area (Å²) in [5.74, 6) is 1.10. The summed E-state index contributed by atoms with van der Waals surface area (Å²) in [6.07, 6.45) is 3.61. The summed E-state index contributed by atoms with van der Waals surface area (Å²) in [6.45, 7) is 7.29. The number of aryl methyl sites for hydroxylation is 1. The Labute approximate surface area is 180 Å². The summed E-state index contributed by atoms with van der Waals surface area (Å²) in [7, 11) is 0. The molecule has 8 heteroatoms. The standard InChI is InChI=1S/C22H25N5O2S/c1-15-7-4-5-9-19(15)27-21(18-8-6-10-23-11-18)24-25-22(27)30-14-20(28)26-12-16(2)29-17(3)13-26/h4-11,16-17H,12-14H2,1-3H3. The third-order valence-electron chi connectivity index (χ3n) is 5.01. The zero-order chi connectivity index (χ0) is 21.1. The molecular formula is C22H25N5O2S. The van der Waals surface area contributed by atoms with Crippen LogP contribution in [0.1, 0.15) is 19.4 Å². The molecular weight excluding hydrogens is 398 g/mol. The molecule has 7 nitrogen and oxygen atoms in total. The number of pyridine rings is 1. The molecule has 0 radical (unpaired) electrons. The fourth-order valence-electron chi connectivity index (χ4n) is 3.68. The van der Waals surface area contributed by atoms with Gasteiger partial charge in [0.2, 0.25) is 5.91 Å². The van der Waals surface area contributed by atoms with Crippen molar-refractivity contribution < 1.29 is 9.53 Å². The number of carbonyl (C=O) groups is 1. The molecule has 2 aromatic heterocycles. The highest BCUT2D eigenvalue weighted by Crippen LogP contribution is 2.29. The lowest BCUT2D eigenvalue weighted by molar-refractivity contribution is -0.140. The Balaban J connectivity index is 1.61. The van der Waals surface area contributed by atoms with E-state index in [9.17, 15) is 4.79 Å². The lowest BCUT2D eigenvalue weighted by Crippen LogP contribution is -2.48. The molecule has 1 saturated heterocycles. The number of para-hydroxylation sites is 1. The van der Waals surface area contributed by atoms with Crippen LogP contribution in [0.4, 0.5) is 0 Å². The van der Waals surface area contributed by atoms with Gasteiger partial charge >= 0.3 is 0 Å². The number of nitrogens with zero attached hydrogens (tertiary/aromatic N) is 5. The summed E-state index contributed by atoms with van der Waals surface area (Å²) in [6, 6.07) is 11.9. The minimum Gasteiger partial charge on any atom is -0.372 e. The van der Waals surface area contributed by atoms with E-state index >= 15 is 0 Å². The number of morpholine rings is 1. The smallest absolute Gasteiger partial charge is 0.233 e. The Kier molecular flexibility index (Phi) is 6.15. The normalized spacial score (nSPS) is 19.1. The van der Waals surface area contributed by atoms with Crippen LogP contribution in [0, 0.1) is 6.92 Å². The number of ether oxygens (including phenoxy) is 1. The highest BCUT2D eigenvalue weighted by Gasteiger charge is 2.26. The molecule has 0 bridgehead atoms. The van der Waals surface area contributed by atoms with Crippen LogP contribution in [0.2, 0.25) is 0 Å². The Morgan fingerprint density at radius 1 is 1.13 bits per heavy atom. The van der Waals surface area contributed by atoms with Gasteiger partial charge in [0.1, 0.15) is 0 Å². The molecule has 0 N–H and O–H groups in total. The molecule has 2 unspecified atom stereocenters. The van der Waals surface area contributed by atoms with Gasteiger partial charge < -0.3 is 9.64 Å². The van der Waals surface area contributed by atoms with Crippen molar-refractivity contribution in [2.24, 2.45) is 0 Å². The summed E-state index contributed by atoms with van der Waals surface area (Å²) in [5.41, 5.74) is 2.97. The number of aromatic nitrogens is 4. The zero-order valence-corrected chi connectivity index (χ0v) is 18.2. The topological polar surface area (TPSA) is 73.1 Å². The monoisotopic (exact) mass is 423 g/mol. The molecule has 1 aliphatic heterocycles. The highest BCUT2D eigenvalue weighted by atomic mass is 32.2. The molecule has 1 aromatic carbocycles. The third-order valence-corrected chi connectivity index (χ3v) is 5.92. The lowest BCUT2D eigenvalue weighted by Gasteiger charge is -2.35. The lowest BCUT2D eigenvalue weighted by atomic mass is 10.2. The van der Waals surface area contributed by atoms with Crippen molar-refractivity contribution in [3.63, 3.8) is 0 Å². The van der Waals surface area contributed by atoms with E-state index < -0.39 is 0 Å². The van der Waals surface area contributed by atoms with Gasteiger partial charge in [-0.25, -0.2) is 0 Å². The second-order valence-electron chi connectivity index (χ2n) is 7.51. The van der Waals surface area contributed by atoms with Crippen molar-refractivity contribution in [3.05, 3.63) is 54.4 Å². The third kappa shape index (κ3) is 4.39.